The molecule has 0 saturated heterocycles. The third-order valence-corrected chi connectivity index (χ3v) is 2.49. The van der Waals surface area contributed by atoms with E-state index in [-0.39, 0.29) is 18.0 Å². The van der Waals surface area contributed by atoms with Crippen molar-refractivity contribution in [2.75, 3.05) is 5.32 Å². The van der Waals surface area contributed by atoms with Gasteiger partial charge >= 0.3 is 5.97 Å². The third kappa shape index (κ3) is 3.67. The van der Waals surface area contributed by atoms with E-state index in [1.54, 1.807) is 18.3 Å². The number of aromatic nitrogens is 2. The maximum absolute atomic E-state index is 11.7. The SMILES string of the molecule is O=C(CCn1ccc(C(=O)O)n1)Nc1ccccc1. The van der Waals surface area contributed by atoms with Gasteiger partial charge in [0, 0.05) is 24.8 Å². The number of aromatic carboxylic acids is 1. The largest absolute Gasteiger partial charge is 0.476 e. The summed E-state index contributed by atoms with van der Waals surface area (Å²) in [6.07, 6.45) is 1.77. The Hall–Kier alpha value is -2.63. The molecular weight excluding hydrogens is 246 g/mol. The molecule has 0 unspecified atom stereocenters. The van der Waals surface area contributed by atoms with Crippen molar-refractivity contribution in [1.29, 1.82) is 0 Å². The zero-order valence-electron chi connectivity index (χ0n) is 10.1. The molecule has 0 bridgehead atoms. The molecule has 0 radical (unpaired) electrons. The highest BCUT2D eigenvalue weighted by Gasteiger charge is 2.08. The van der Waals surface area contributed by atoms with Gasteiger partial charge in [0.2, 0.25) is 5.91 Å². The number of carbonyl (C=O) groups is 2. The highest BCUT2D eigenvalue weighted by molar-refractivity contribution is 5.90. The van der Waals surface area contributed by atoms with Gasteiger partial charge in [-0.2, -0.15) is 5.10 Å². The molecule has 2 aromatic rings. The van der Waals surface area contributed by atoms with E-state index in [4.69, 9.17) is 5.11 Å². The minimum atomic E-state index is -1.08. The van der Waals surface area contributed by atoms with Crippen LogP contribution in [0.3, 0.4) is 0 Å². The Morgan fingerprint density at radius 3 is 2.58 bits per heavy atom. The molecule has 0 fully saturated rings. The molecular formula is C13H13N3O3. The van der Waals surface area contributed by atoms with Gasteiger partial charge in [-0.25, -0.2) is 4.79 Å². The molecule has 0 aliphatic rings. The molecule has 2 rings (SSSR count). The average Bonchev–Trinajstić information content (AvgIpc) is 2.86. The smallest absolute Gasteiger partial charge is 0.356 e. The van der Waals surface area contributed by atoms with Crippen molar-refractivity contribution in [3.63, 3.8) is 0 Å². The summed E-state index contributed by atoms with van der Waals surface area (Å²) < 4.78 is 1.44. The molecule has 6 heteroatoms. The lowest BCUT2D eigenvalue weighted by atomic mass is 10.3. The van der Waals surface area contributed by atoms with Crippen molar-refractivity contribution >= 4 is 17.6 Å². The second kappa shape index (κ2) is 5.81. The zero-order valence-corrected chi connectivity index (χ0v) is 10.1. The predicted octanol–water partition coefficient (Wildman–Crippen LogP) is 1.61. The Kier molecular flexibility index (Phi) is 3.92. The molecule has 0 atom stereocenters. The number of rotatable bonds is 5. The van der Waals surface area contributed by atoms with Crippen LogP contribution in [0.5, 0.6) is 0 Å². The maximum atomic E-state index is 11.7. The van der Waals surface area contributed by atoms with Crippen LogP contribution in [0.25, 0.3) is 0 Å². The lowest BCUT2D eigenvalue weighted by Crippen LogP contribution is -2.15. The topological polar surface area (TPSA) is 84.2 Å². The van der Waals surface area contributed by atoms with Crippen molar-refractivity contribution in [2.45, 2.75) is 13.0 Å². The van der Waals surface area contributed by atoms with Gasteiger partial charge in [-0.3, -0.25) is 9.48 Å². The molecule has 1 aromatic carbocycles. The molecule has 98 valence electrons. The van der Waals surface area contributed by atoms with Gasteiger partial charge < -0.3 is 10.4 Å². The molecule has 0 aliphatic carbocycles. The number of para-hydroxylation sites is 1. The molecule has 1 heterocycles. The van der Waals surface area contributed by atoms with E-state index >= 15 is 0 Å². The minimum Gasteiger partial charge on any atom is -0.476 e. The van der Waals surface area contributed by atoms with Crippen LogP contribution < -0.4 is 5.32 Å². The zero-order chi connectivity index (χ0) is 13.7. The van der Waals surface area contributed by atoms with Gasteiger partial charge in [0.05, 0.1) is 0 Å². The highest BCUT2D eigenvalue weighted by atomic mass is 16.4. The second-order valence-corrected chi connectivity index (χ2v) is 3.93. The van der Waals surface area contributed by atoms with Crippen molar-refractivity contribution in [1.82, 2.24) is 9.78 Å². The van der Waals surface area contributed by atoms with Gasteiger partial charge in [-0.15, -0.1) is 0 Å². The summed E-state index contributed by atoms with van der Waals surface area (Å²) in [5, 5.41) is 15.3. The lowest BCUT2D eigenvalue weighted by Gasteiger charge is -2.04. The fraction of sp³-hybridized carbons (Fsp3) is 0.154. The van der Waals surface area contributed by atoms with E-state index in [0.717, 1.165) is 5.69 Å². The summed E-state index contributed by atoms with van der Waals surface area (Å²) in [5.74, 6) is -1.22. The fourth-order valence-corrected chi connectivity index (χ4v) is 1.56. The summed E-state index contributed by atoms with van der Waals surface area (Å²) in [7, 11) is 0. The van der Waals surface area contributed by atoms with Crippen LogP contribution in [0.1, 0.15) is 16.9 Å². The first kappa shape index (κ1) is 12.8. The molecule has 19 heavy (non-hydrogen) atoms. The number of anilines is 1. The van der Waals surface area contributed by atoms with Crippen molar-refractivity contribution < 1.29 is 14.7 Å². The monoisotopic (exact) mass is 259 g/mol. The van der Waals surface area contributed by atoms with Crippen LogP contribution in [-0.4, -0.2) is 26.8 Å². The van der Waals surface area contributed by atoms with Crippen LogP contribution in [-0.2, 0) is 11.3 Å². The van der Waals surface area contributed by atoms with Crippen molar-refractivity contribution in [2.24, 2.45) is 0 Å². The van der Waals surface area contributed by atoms with E-state index in [9.17, 15) is 9.59 Å². The van der Waals surface area contributed by atoms with E-state index in [1.165, 1.54) is 10.7 Å². The van der Waals surface area contributed by atoms with Crippen LogP contribution in [0, 0.1) is 0 Å². The average molecular weight is 259 g/mol. The highest BCUT2D eigenvalue weighted by Crippen LogP contribution is 2.06. The van der Waals surface area contributed by atoms with Crippen LogP contribution in [0.4, 0.5) is 5.69 Å². The van der Waals surface area contributed by atoms with E-state index in [1.807, 2.05) is 18.2 Å². The lowest BCUT2D eigenvalue weighted by molar-refractivity contribution is -0.116. The second-order valence-electron chi connectivity index (χ2n) is 3.93. The molecule has 2 N–H and O–H groups in total. The first-order valence-corrected chi connectivity index (χ1v) is 5.77. The standard InChI is InChI=1S/C13H13N3O3/c17-12(14-10-4-2-1-3-5-10)7-9-16-8-6-11(15-16)13(18)19/h1-6,8H,7,9H2,(H,14,17)(H,18,19). The van der Waals surface area contributed by atoms with Crippen LogP contribution in [0.15, 0.2) is 42.6 Å². The summed E-state index contributed by atoms with van der Waals surface area (Å²) in [6.45, 7) is 0.339. The van der Waals surface area contributed by atoms with Gasteiger partial charge in [-0.1, -0.05) is 18.2 Å². The number of benzene rings is 1. The first-order chi connectivity index (χ1) is 9.15. The predicted molar refractivity (Wildman–Crippen MR) is 68.9 cm³/mol. The van der Waals surface area contributed by atoms with Crippen LogP contribution >= 0.6 is 0 Å². The Morgan fingerprint density at radius 1 is 1.21 bits per heavy atom. The first-order valence-electron chi connectivity index (χ1n) is 5.77. The number of hydrogen-bond donors (Lipinski definition) is 2. The van der Waals surface area contributed by atoms with Crippen LogP contribution in [0.2, 0.25) is 0 Å². The number of amides is 1. The number of carboxylic acid groups (broad SMARTS) is 1. The normalized spacial score (nSPS) is 10.1. The van der Waals surface area contributed by atoms with Gasteiger partial charge in [-0.05, 0) is 18.2 Å². The molecule has 0 saturated carbocycles. The Bertz CT molecular complexity index is 578. The summed E-state index contributed by atoms with van der Waals surface area (Å²) in [5.41, 5.74) is 0.711. The number of aryl methyl sites for hydroxylation is 1. The van der Waals surface area contributed by atoms with Gasteiger partial charge in [0.15, 0.2) is 5.69 Å². The Balaban J connectivity index is 1.84. The minimum absolute atomic E-state index is 0.0246. The summed E-state index contributed by atoms with van der Waals surface area (Å²) >= 11 is 0. The molecule has 1 aromatic heterocycles. The third-order valence-electron chi connectivity index (χ3n) is 2.49. The number of hydrogen-bond acceptors (Lipinski definition) is 3. The van der Waals surface area contributed by atoms with E-state index in [0.29, 0.717) is 6.54 Å². The number of carbonyl (C=O) groups excluding carboxylic acids is 1. The van der Waals surface area contributed by atoms with Gasteiger partial charge in [0.25, 0.3) is 0 Å². The summed E-state index contributed by atoms with van der Waals surface area (Å²) in [4.78, 5) is 22.3. The Morgan fingerprint density at radius 2 is 1.95 bits per heavy atom. The maximum Gasteiger partial charge on any atom is 0.356 e. The molecule has 1 amide bonds. The number of carboxylic acids is 1. The molecule has 0 spiro atoms. The van der Waals surface area contributed by atoms with Crippen molar-refractivity contribution in [3.8, 4) is 0 Å². The summed E-state index contributed by atoms with van der Waals surface area (Å²) in [6, 6.07) is 10.5. The van der Waals surface area contributed by atoms with Gasteiger partial charge in [0.1, 0.15) is 0 Å². The Labute approximate surface area is 109 Å². The number of nitrogens with zero attached hydrogens (tertiary/aromatic N) is 2. The number of nitrogens with one attached hydrogen (secondary N) is 1. The fourth-order valence-electron chi connectivity index (χ4n) is 1.56. The van der Waals surface area contributed by atoms with Crippen molar-refractivity contribution in [3.05, 3.63) is 48.3 Å². The quantitative estimate of drug-likeness (QED) is 0.854. The molecule has 0 aliphatic heterocycles. The van der Waals surface area contributed by atoms with E-state index in [2.05, 4.69) is 10.4 Å². The van der Waals surface area contributed by atoms with E-state index < -0.39 is 5.97 Å². The molecule has 6 nitrogen and oxygen atoms in total.